The SMILES string of the molecule is c1ccc2c(c1)Cc1ccc3c4cc(-c5ccc6c(c5)c5ccccc5n6-c5cccc6ccccc56)ccc4n(-c4cccc5ccccc45)c3c1-2. The molecule has 1 aliphatic rings. The summed E-state index contributed by atoms with van der Waals surface area (Å²) in [5, 5.41) is 10.1. The maximum atomic E-state index is 2.54. The number of rotatable bonds is 3. The summed E-state index contributed by atoms with van der Waals surface area (Å²) in [6.45, 7) is 0. The van der Waals surface area contributed by atoms with Gasteiger partial charge in [-0.3, -0.25) is 0 Å². The summed E-state index contributed by atoms with van der Waals surface area (Å²) < 4.78 is 4.98. The van der Waals surface area contributed by atoms with Crippen LogP contribution in [0.15, 0.2) is 182 Å². The largest absolute Gasteiger partial charge is 0.309 e. The van der Waals surface area contributed by atoms with Crippen molar-refractivity contribution in [1.82, 2.24) is 9.13 Å². The monoisotopic (exact) mass is 672 g/mol. The highest BCUT2D eigenvalue weighted by Gasteiger charge is 2.26. The zero-order chi connectivity index (χ0) is 34.6. The van der Waals surface area contributed by atoms with E-state index in [0.29, 0.717) is 0 Å². The van der Waals surface area contributed by atoms with Crippen molar-refractivity contribution in [2.24, 2.45) is 0 Å². The summed E-state index contributed by atoms with van der Waals surface area (Å²) in [5.41, 5.74) is 15.4. The first kappa shape index (κ1) is 28.8. The van der Waals surface area contributed by atoms with Crippen LogP contribution in [0, 0.1) is 0 Å². The molecule has 11 aromatic rings. The molecule has 53 heavy (non-hydrogen) atoms. The minimum Gasteiger partial charge on any atom is -0.309 e. The van der Waals surface area contributed by atoms with E-state index in [1.54, 1.807) is 0 Å². The lowest BCUT2D eigenvalue weighted by Crippen LogP contribution is -1.97. The molecule has 1 aliphatic carbocycles. The van der Waals surface area contributed by atoms with Crippen LogP contribution in [0.4, 0.5) is 0 Å². The second-order valence-electron chi connectivity index (χ2n) is 14.5. The number of aromatic nitrogens is 2. The van der Waals surface area contributed by atoms with Gasteiger partial charge < -0.3 is 9.13 Å². The Morgan fingerprint density at radius 3 is 1.62 bits per heavy atom. The van der Waals surface area contributed by atoms with Crippen LogP contribution in [0.5, 0.6) is 0 Å². The Morgan fingerprint density at radius 1 is 0.340 bits per heavy atom. The van der Waals surface area contributed by atoms with E-state index in [2.05, 4.69) is 191 Å². The minimum absolute atomic E-state index is 0.968. The van der Waals surface area contributed by atoms with E-state index in [9.17, 15) is 0 Å². The first-order valence-corrected chi connectivity index (χ1v) is 18.5. The van der Waals surface area contributed by atoms with Crippen LogP contribution in [-0.4, -0.2) is 9.13 Å². The van der Waals surface area contributed by atoms with Gasteiger partial charge in [0.1, 0.15) is 0 Å². The fourth-order valence-electron chi connectivity index (χ4n) is 9.37. The van der Waals surface area contributed by atoms with Crippen molar-refractivity contribution in [3.05, 3.63) is 193 Å². The molecular formula is C51H32N2. The average molecular weight is 673 g/mol. The molecule has 0 aliphatic heterocycles. The molecule has 0 saturated carbocycles. The van der Waals surface area contributed by atoms with E-state index >= 15 is 0 Å². The van der Waals surface area contributed by atoms with Gasteiger partial charge in [-0.15, -0.1) is 0 Å². The summed E-state index contributed by atoms with van der Waals surface area (Å²) in [5.74, 6) is 0. The maximum absolute atomic E-state index is 2.54. The smallest absolute Gasteiger partial charge is 0.0622 e. The van der Waals surface area contributed by atoms with Crippen molar-refractivity contribution in [3.8, 4) is 33.6 Å². The topological polar surface area (TPSA) is 9.86 Å². The van der Waals surface area contributed by atoms with Gasteiger partial charge in [-0.05, 0) is 87.5 Å². The summed E-state index contributed by atoms with van der Waals surface area (Å²) >= 11 is 0. The van der Waals surface area contributed by atoms with Crippen LogP contribution < -0.4 is 0 Å². The fraction of sp³-hybridized carbons (Fsp3) is 0.0196. The van der Waals surface area contributed by atoms with Gasteiger partial charge in [0.05, 0.1) is 33.4 Å². The molecule has 12 rings (SSSR count). The molecular weight excluding hydrogens is 641 g/mol. The number of hydrogen-bond donors (Lipinski definition) is 0. The summed E-state index contributed by atoms with van der Waals surface area (Å²) in [6.07, 6.45) is 0.968. The van der Waals surface area contributed by atoms with E-state index in [1.165, 1.54) is 110 Å². The number of para-hydroxylation sites is 1. The molecule has 0 spiro atoms. The second kappa shape index (κ2) is 10.8. The molecule has 0 fully saturated rings. The molecule has 0 unspecified atom stereocenters. The normalized spacial score (nSPS) is 12.5. The van der Waals surface area contributed by atoms with Gasteiger partial charge in [0.25, 0.3) is 0 Å². The summed E-state index contributed by atoms with van der Waals surface area (Å²) in [7, 11) is 0. The Hall–Kier alpha value is -6.90. The second-order valence-corrected chi connectivity index (χ2v) is 14.5. The first-order chi connectivity index (χ1) is 26.3. The van der Waals surface area contributed by atoms with Crippen molar-refractivity contribution in [2.75, 3.05) is 0 Å². The third kappa shape index (κ3) is 4.03. The Bertz CT molecular complexity index is 3310. The molecule has 0 atom stereocenters. The molecule has 0 amide bonds. The Kier molecular flexibility index (Phi) is 5.86. The predicted molar refractivity (Wildman–Crippen MR) is 224 cm³/mol. The molecule has 2 heterocycles. The van der Waals surface area contributed by atoms with E-state index in [1.807, 2.05) is 0 Å². The molecule has 2 aromatic heterocycles. The van der Waals surface area contributed by atoms with Gasteiger partial charge in [0, 0.05) is 37.9 Å². The quantitative estimate of drug-likeness (QED) is 0.177. The lowest BCUT2D eigenvalue weighted by atomic mass is 9.99. The minimum atomic E-state index is 0.968. The Labute approximate surface area is 306 Å². The highest BCUT2D eigenvalue weighted by Crippen LogP contribution is 2.47. The van der Waals surface area contributed by atoms with Crippen LogP contribution in [0.25, 0.3) is 98.8 Å². The lowest BCUT2D eigenvalue weighted by molar-refractivity contribution is 1.19. The van der Waals surface area contributed by atoms with E-state index in [0.717, 1.165) is 6.42 Å². The molecule has 0 radical (unpaired) electrons. The number of nitrogens with zero attached hydrogens (tertiary/aromatic N) is 2. The lowest BCUT2D eigenvalue weighted by Gasteiger charge is -2.14. The maximum Gasteiger partial charge on any atom is 0.0622 e. The molecule has 246 valence electrons. The van der Waals surface area contributed by atoms with Crippen LogP contribution in [-0.2, 0) is 6.42 Å². The molecule has 2 nitrogen and oxygen atoms in total. The highest BCUT2D eigenvalue weighted by atomic mass is 15.0. The van der Waals surface area contributed by atoms with Crippen molar-refractivity contribution in [2.45, 2.75) is 6.42 Å². The summed E-state index contributed by atoms with van der Waals surface area (Å²) in [4.78, 5) is 0. The number of fused-ring (bicyclic) bond motifs is 12. The molecule has 2 heteroatoms. The third-order valence-electron chi connectivity index (χ3n) is 11.7. The standard InChI is InChI=1S/C51H32N2/c1-4-16-38-32(11-1)14-9-21-45(38)52-47-20-8-7-19-41(47)43-30-34(24-27-48(43)52)35-25-28-49-44(31-35)42-26-23-37-29-36-13-3-6-18-40(36)50(37)51(42)53(49)46-22-10-15-33-12-2-5-17-39(33)46/h1-28,30-31H,29H2. The third-order valence-corrected chi connectivity index (χ3v) is 11.7. The van der Waals surface area contributed by atoms with Gasteiger partial charge in [0.2, 0.25) is 0 Å². The zero-order valence-electron chi connectivity index (χ0n) is 28.9. The van der Waals surface area contributed by atoms with Crippen molar-refractivity contribution >= 4 is 65.2 Å². The van der Waals surface area contributed by atoms with Gasteiger partial charge in [-0.1, -0.05) is 140 Å². The van der Waals surface area contributed by atoms with Crippen LogP contribution in [0.3, 0.4) is 0 Å². The van der Waals surface area contributed by atoms with Crippen molar-refractivity contribution in [3.63, 3.8) is 0 Å². The predicted octanol–water partition coefficient (Wildman–Crippen LogP) is 13.4. The molecule has 9 aromatic carbocycles. The Morgan fingerprint density at radius 2 is 0.887 bits per heavy atom. The molecule has 0 saturated heterocycles. The van der Waals surface area contributed by atoms with E-state index < -0.39 is 0 Å². The molecule has 0 bridgehead atoms. The molecule has 0 N–H and O–H groups in total. The van der Waals surface area contributed by atoms with Gasteiger partial charge in [0.15, 0.2) is 0 Å². The van der Waals surface area contributed by atoms with Gasteiger partial charge >= 0.3 is 0 Å². The van der Waals surface area contributed by atoms with Gasteiger partial charge in [-0.2, -0.15) is 0 Å². The number of benzene rings is 9. The van der Waals surface area contributed by atoms with Crippen LogP contribution in [0.2, 0.25) is 0 Å². The number of hydrogen-bond acceptors (Lipinski definition) is 0. The highest BCUT2D eigenvalue weighted by molar-refractivity contribution is 6.17. The average Bonchev–Trinajstić information content (AvgIpc) is 3.87. The fourth-order valence-corrected chi connectivity index (χ4v) is 9.37. The van der Waals surface area contributed by atoms with Crippen LogP contribution >= 0.6 is 0 Å². The van der Waals surface area contributed by atoms with Crippen molar-refractivity contribution in [1.29, 1.82) is 0 Å². The summed E-state index contributed by atoms with van der Waals surface area (Å²) in [6, 6.07) is 67.4. The van der Waals surface area contributed by atoms with Crippen LogP contribution in [0.1, 0.15) is 11.1 Å². The Balaban J connectivity index is 1.12. The van der Waals surface area contributed by atoms with E-state index in [4.69, 9.17) is 0 Å². The first-order valence-electron chi connectivity index (χ1n) is 18.5. The van der Waals surface area contributed by atoms with Crippen molar-refractivity contribution < 1.29 is 0 Å². The zero-order valence-corrected chi connectivity index (χ0v) is 28.9. The van der Waals surface area contributed by atoms with E-state index in [-0.39, 0.29) is 0 Å². The van der Waals surface area contributed by atoms with Gasteiger partial charge in [-0.25, -0.2) is 0 Å².